The maximum atomic E-state index is 12.4. The third-order valence-electron chi connectivity index (χ3n) is 4.61. The molecule has 0 radical (unpaired) electrons. The lowest BCUT2D eigenvalue weighted by Crippen LogP contribution is -2.32. The van der Waals surface area contributed by atoms with Crippen molar-refractivity contribution in [2.24, 2.45) is 5.92 Å². The number of pyridine rings is 1. The second-order valence-corrected chi connectivity index (χ2v) is 8.92. The SMILES string of the molecule is CN(C)S(=O)(=O)c1ccc(N2C[C@@H](C(=O)NCc3cccnc3)CC2=O)cc1. The smallest absolute Gasteiger partial charge is 0.242 e. The third-order valence-corrected chi connectivity index (χ3v) is 6.44. The van der Waals surface area contributed by atoms with Crippen molar-refractivity contribution in [2.45, 2.75) is 17.9 Å². The van der Waals surface area contributed by atoms with E-state index < -0.39 is 15.9 Å². The van der Waals surface area contributed by atoms with E-state index in [1.165, 1.54) is 31.1 Å². The molecule has 9 heteroatoms. The lowest BCUT2D eigenvalue weighted by Gasteiger charge is -2.18. The van der Waals surface area contributed by atoms with Crippen LogP contribution in [0.25, 0.3) is 0 Å². The minimum absolute atomic E-state index is 0.122. The second-order valence-electron chi connectivity index (χ2n) is 6.77. The monoisotopic (exact) mass is 402 g/mol. The Hall–Kier alpha value is -2.78. The first-order chi connectivity index (χ1) is 13.3. The number of sulfonamides is 1. The molecule has 0 spiro atoms. The van der Waals surface area contributed by atoms with Gasteiger partial charge in [0, 0.05) is 51.7 Å². The fourth-order valence-corrected chi connectivity index (χ4v) is 3.88. The first-order valence-corrected chi connectivity index (χ1v) is 10.2. The third kappa shape index (κ3) is 4.20. The summed E-state index contributed by atoms with van der Waals surface area (Å²) in [5.41, 5.74) is 1.46. The first-order valence-electron chi connectivity index (χ1n) is 8.78. The maximum absolute atomic E-state index is 12.4. The van der Waals surface area contributed by atoms with Gasteiger partial charge in [-0.1, -0.05) is 6.07 Å². The quantitative estimate of drug-likeness (QED) is 0.777. The van der Waals surface area contributed by atoms with Crippen molar-refractivity contribution in [3.05, 3.63) is 54.4 Å². The fraction of sp³-hybridized carbons (Fsp3) is 0.316. The lowest BCUT2D eigenvalue weighted by atomic mass is 10.1. The molecule has 1 saturated heterocycles. The van der Waals surface area contributed by atoms with E-state index in [1.54, 1.807) is 30.6 Å². The molecule has 0 saturated carbocycles. The largest absolute Gasteiger partial charge is 0.352 e. The number of hydrogen-bond acceptors (Lipinski definition) is 5. The fourth-order valence-electron chi connectivity index (χ4n) is 2.98. The zero-order valence-corrected chi connectivity index (χ0v) is 16.5. The summed E-state index contributed by atoms with van der Waals surface area (Å²) in [4.78, 5) is 30.4. The molecule has 28 heavy (non-hydrogen) atoms. The highest BCUT2D eigenvalue weighted by molar-refractivity contribution is 7.89. The maximum Gasteiger partial charge on any atom is 0.242 e. The Balaban J connectivity index is 1.65. The van der Waals surface area contributed by atoms with Crippen LogP contribution in [0.5, 0.6) is 0 Å². The number of benzene rings is 1. The Morgan fingerprint density at radius 2 is 1.96 bits per heavy atom. The number of anilines is 1. The number of hydrogen-bond donors (Lipinski definition) is 1. The summed E-state index contributed by atoms with van der Waals surface area (Å²) in [6.07, 6.45) is 3.46. The van der Waals surface area contributed by atoms with Gasteiger partial charge in [-0.3, -0.25) is 14.6 Å². The average molecular weight is 402 g/mol. The highest BCUT2D eigenvalue weighted by atomic mass is 32.2. The van der Waals surface area contributed by atoms with E-state index in [2.05, 4.69) is 10.3 Å². The van der Waals surface area contributed by atoms with Crippen LogP contribution in [0.2, 0.25) is 0 Å². The standard InChI is InChI=1S/C19H22N4O4S/c1-22(2)28(26,27)17-7-5-16(6-8-17)23-13-15(10-18(23)24)19(25)21-12-14-4-3-9-20-11-14/h3-9,11,15H,10,12-13H2,1-2H3,(H,21,25)/t15-/m0/s1. The molecule has 0 bridgehead atoms. The van der Waals surface area contributed by atoms with Crippen LogP contribution in [0.4, 0.5) is 5.69 Å². The van der Waals surface area contributed by atoms with E-state index in [0.717, 1.165) is 9.87 Å². The summed E-state index contributed by atoms with van der Waals surface area (Å²) in [6, 6.07) is 9.76. The van der Waals surface area contributed by atoms with Crippen molar-refractivity contribution in [3.63, 3.8) is 0 Å². The van der Waals surface area contributed by atoms with Crippen molar-refractivity contribution in [1.29, 1.82) is 0 Å². The molecule has 1 aromatic heterocycles. The van der Waals surface area contributed by atoms with E-state index >= 15 is 0 Å². The average Bonchev–Trinajstić information content (AvgIpc) is 3.08. The molecule has 3 rings (SSSR count). The molecule has 1 aliphatic rings. The van der Waals surface area contributed by atoms with Gasteiger partial charge in [0.1, 0.15) is 0 Å². The Bertz CT molecular complexity index is 959. The van der Waals surface area contributed by atoms with Gasteiger partial charge < -0.3 is 10.2 Å². The van der Waals surface area contributed by atoms with E-state index in [0.29, 0.717) is 12.2 Å². The van der Waals surface area contributed by atoms with Crippen LogP contribution in [0, 0.1) is 5.92 Å². The number of nitrogens with one attached hydrogen (secondary N) is 1. The van der Waals surface area contributed by atoms with Crippen molar-refractivity contribution < 1.29 is 18.0 Å². The van der Waals surface area contributed by atoms with Crippen LogP contribution in [0.15, 0.2) is 53.7 Å². The number of carbonyl (C=O) groups is 2. The Morgan fingerprint density at radius 1 is 1.25 bits per heavy atom. The minimum atomic E-state index is -3.53. The predicted molar refractivity (Wildman–Crippen MR) is 104 cm³/mol. The second kappa shape index (κ2) is 8.07. The molecule has 148 valence electrons. The van der Waals surface area contributed by atoms with E-state index in [9.17, 15) is 18.0 Å². The van der Waals surface area contributed by atoms with Gasteiger partial charge in [-0.05, 0) is 35.9 Å². The molecule has 1 aromatic carbocycles. The summed E-state index contributed by atoms with van der Waals surface area (Å²) in [5.74, 6) is -0.800. The van der Waals surface area contributed by atoms with Crippen LogP contribution in [0.3, 0.4) is 0 Å². The van der Waals surface area contributed by atoms with Gasteiger partial charge in [-0.15, -0.1) is 0 Å². The summed E-state index contributed by atoms with van der Waals surface area (Å²) in [6.45, 7) is 0.617. The number of carbonyl (C=O) groups excluding carboxylic acids is 2. The van der Waals surface area contributed by atoms with Gasteiger partial charge in [-0.25, -0.2) is 12.7 Å². The minimum Gasteiger partial charge on any atom is -0.352 e. The normalized spacial score (nSPS) is 17.2. The molecule has 8 nitrogen and oxygen atoms in total. The summed E-state index contributed by atoms with van der Waals surface area (Å²) in [5, 5.41) is 2.83. The van der Waals surface area contributed by atoms with Crippen molar-refractivity contribution in [2.75, 3.05) is 25.5 Å². The van der Waals surface area contributed by atoms with E-state index in [1.807, 2.05) is 6.07 Å². The molecule has 1 aliphatic heterocycles. The zero-order valence-electron chi connectivity index (χ0n) is 15.7. The summed E-state index contributed by atoms with van der Waals surface area (Å²) in [7, 11) is -0.607. The Kier molecular flexibility index (Phi) is 5.76. The van der Waals surface area contributed by atoms with Crippen molar-refractivity contribution >= 4 is 27.5 Å². The Labute approximate surface area is 164 Å². The van der Waals surface area contributed by atoms with Gasteiger partial charge in [0.2, 0.25) is 21.8 Å². The number of aromatic nitrogens is 1. The van der Waals surface area contributed by atoms with E-state index in [4.69, 9.17) is 0 Å². The van der Waals surface area contributed by atoms with Crippen LogP contribution in [-0.2, 0) is 26.2 Å². The predicted octanol–water partition coefficient (Wildman–Crippen LogP) is 1.00. The van der Waals surface area contributed by atoms with Gasteiger partial charge >= 0.3 is 0 Å². The molecule has 0 unspecified atom stereocenters. The van der Waals surface area contributed by atoms with Crippen LogP contribution < -0.4 is 10.2 Å². The van der Waals surface area contributed by atoms with Crippen molar-refractivity contribution in [1.82, 2.24) is 14.6 Å². The van der Waals surface area contributed by atoms with Crippen LogP contribution in [-0.4, -0.2) is 50.2 Å². The van der Waals surface area contributed by atoms with Gasteiger partial charge in [0.05, 0.1) is 10.8 Å². The molecule has 2 aromatic rings. The number of nitrogens with zero attached hydrogens (tertiary/aromatic N) is 3. The number of rotatable bonds is 6. The van der Waals surface area contributed by atoms with Gasteiger partial charge in [0.25, 0.3) is 0 Å². The van der Waals surface area contributed by atoms with Gasteiger partial charge in [-0.2, -0.15) is 0 Å². The van der Waals surface area contributed by atoms with E-state index in [-0.39, 0.29) is 29.7 Å². The number of amides is 2. The zero-order chi connectivity index (χ0) is 20.3. The summed E-state index contributed by atoms with van der Waals surface area (Å²) < 4.78 is 25.4. The molecule has 1 atom stereocenters. The molecular weight excluding hydrogens is 380 g/mol. The lowest BCUT2D eigenvalue weighted by molar-refractivity contribution is -0.126. The molecular formula is C19H22N4O4S. The summed E-state index contributed by atoms with van der Waals surface area (Å²) >= 11 is 0. The highest BCUT2D eigenvalue weighted by Gasteiger charge is 2.35. The van der Waals surface area contributed by atoms with Crippen LogP contribution >= 0.6 is 0 Å². The van der Waals surface area contributed by atoms with Gasteiger partial charge in [0.15, 0.2) is 0 Å². The molecule has 1 fully saturated rings. The Morgan fingerprint density at radius 3 is 2.57 bits per heavy atom. The molecule has 0 aliphatic carbocycles. The highest BCUT2D eigenvalue weighted by Crippen LogP contribution is 2.27. The topological polar surface area (TPSA) is 99.7 Å². The molecule has 2 heterocycles. The van der Waals surface area contributed by atoms with Crippen LogP contribution in [0.1, 0.15) is 12.0 Å². The molecule has 1 N–H and O–H groups in total. The first kappa shape index (κ1) is 20.0. The molecule has 2 amide bonds. The van der Waals surface area contributed by atoms with Crippen molar-refractivity contribution in [3.8, 4) is 0 Å².